The van der Waals surface area contributed by atoms with E-state index in [-0.39, 0.29) is 41.3 Å². The van der Waals surface area contributed by atoms with Crippen molar-refractivity contribution in [3.05, 3.63) is 41.7 Å². The molecule has 5 N–H and O–H groups in total. The predicted molar refractivity (Wildman–Crippen MR) is 148 cm³/mol. The lowest BCUT2D eigenvalue weighted by Crippen LogP contribution is -2.43. The number of anilines is 3. The van der Waals surface area contributed by atoms with E-state index in [0.717, 1.165) is 38.5 Å². The van der Waals surface area contributed by atoms with Gasteiger partial charge in [-0.15, -0.1) is 0 Å². The molecule has 12 heteroatoms. The molecule has 3 heterocycles. The third-order valence-corrected chi connectivity index (χ3v) is 7.72. The molecule has 214 valence electrons. The molecule has 0 unspecified atom stereocenters. The maximum Gasteiger partial charge on any atom is 0.271 e. The quantitative estimate of drug-likeness (QED) is 0.385. The van der Waals surface area contributed by atoms with Gasteiger partial charge in [0.25, 0.3) is 11.8 Å². The fraction of sp³-hybridized carbons (Fsp3) is 0.536. The zero-order valence-corrected chi connectivity index (χ0v) is 22.6. The lowest BCUT2D eigenvalue weighted by molar-refractivity contribution is -0.128. The van der Waals surface area contributed by atoms with Crippen molar-refractivity contribution in [1.29, 1.82) is 0 Å². The van der Waals surface area contributed by atoms with Crippen LogP contribution < -0.4 is 21.7 Å². The molecule has 0 radical (unpaired) electrons. The summed E-state index contributed by atoms with van der Waals surface area (Å²) in [4.78, 5) is 47.9. The summed E-state index contributed by atoms with van der Waals surface area (Å²) < 4.78 is 10.7. The van der Waals surface area contributed by atoms with Crippen molar-refractivity contribution < 1.29 is 23.9 Å². The van der Waals surface area contributed by atoms with Gasteiger partial charge in [0.1, 0.15) is 5.82 Å². The number of benzene rings is 1. The van der Waals surface area contributed by atoms with Gasteiger partial charge < -0.3 is 36.1 Å². The van der Waals surface area contributed by atoms with Crippen LogP contribution in [0.2, 0.25) is 0 Å². The van der Waals surface area contributed by atoms with Gasteiger partial charge in [0, 0.05) is 55.6 Å². The van der Waals surface area contributed by atoms with Crippen LogP contribution in [-0.4, -0.2) is 84.2 Å². The van der Waals surface area contributed by atoms with Crippen LogP contribution in [0.15, 0.2) is 30.5 Å². The molecular weight excluding hydrogens is 514 g/mol. The number of hydrogen-bond donors (Lipinski definition) is 4. The molecule has 1 saturated carbocycles. The van der Waals surface area contributed by atoms with E-state index in [1.165, 1.54) is 6.20 Å². The Morgan fingerprint density at radius 3 is 2.20 bits per heavy atom. The molecule has 2 saturated heterocycles. The first-order valence-corrected chi connectivity index (χ1v) is 14.0. The summed E-state index contributed by atoms with van der Waals surface area (Å²) in [5, 5.41) is 9.75. The number of nitrogens with zero attached hydrogens (tertiary/aromatic N) is 3. The lowest BCUT2D eigenvalue weighted by atomic mass is 9.90. The molecule has 1 aromatic heterocycles. The van der Waals surface area contributed by atoms with Crippen LogP contribution in [0.25, 0.3) is 0 Å². The number of aromatic nitrogens is 2. The van der Waals surface area contributed by atoms with Gasteiger partial charge in [-0.05, 0) is 62.8 Å². The smallest absolute Gasteiger partial charge is 0.271 e. The summed E-state index contributed by atoms with van der Waals surface area (Å²) in [7, 11) is 0. The first-order chi connectivity index (χ1) is 19.5. The number of carbonyl (C=O) groups excluding carboxylic acids is 3. The number of primary amides is 1. The summed E-state index contributed by atoms with van der Waals surface area (Å²) in [6.45, 7) is 3.53. The van der Waals surface area contributed by atoms with E-state index in [1.807, 2.05) is 0 Å². The topological polar surface area (TPSA) is 161 Å². The molecule has 3 aliphatic rings. The van der Waals surface area contributed by atoms with E-state index < -0.39 is 5.91 Å². The van der Waals surface area contributed by atoms with Crippen molar-refractivity contribution in [3.63, 3.8) is 0 Å². The SMILES string of the molecule is NC(=O)c1ncc(NC2CCC(NC(=O)C3CCOCC3)CC2)nc1Nc1ccc(C(=O)N2CCOCC2)cc1. The van der Waals surface area contributed by atoms with E-state index in [4.69, 9.17) is 15.2 Å². The molecule has 3 fully saturated rings. The molecule has 1 aromatic carbocycles. The number of hydrogen-bond acceptors (Lipinski definition) is 9. The predicted octanol–water partition coefficient (Wildman–Crippen LogP) is 2.06. The number of nitrogens with two attached hydrogens (primary N) is 1. The number of morpholine rings is 1. The number of carbonyl (C=O) groups is 3. The fourth-order valence-corrected chi connectivity index (χ4v) is 5.38. The van der Waals surface area contributed by atoms with Crippen LogP contribution in [0.3, 0.4) is 0 Å². The molecule has 0 atom stereocenters. The van der Waals surface area contributed by atoms with Gasteiger partial charge >= 0.3 is 0 Å². The second-order valence-electron chi connectivity index (χ2n) is 10.5. The Balaban J connectivity index is 1.17. The highest BCUT2D eigenvalue weighted by atomic mass is 16.5. The van der Waals surface area contributed by atoms with Gasteiger partial charge in [0.2, 0.25) is 5.91 Å². The number of amides is 3. The van der Waals surface area contributed by atoms with Crippen molar-refractivity contribution in [3.8, 4) is 0 Å². The fourth-order valence-electron chi connectivity index (χ4n) is 5.38. The molecule has 0 bridgehead atoms. The molecule has 1 aliphatic carbocycles. The Morgan fingerprint density at radius 1 is 0.875 bits per heavy atom. The Labute approximate surface area is 233 Å². The van der Waals surface area contributed by atoms with E-state index in [9.17, 15) is 14.4 Å². The average Bonchev–Trinajstić information content (AvgIpc) is 2.99. The zero-order valence-electron chi connectivity index (χ0n) is 22.6. The van der Waals surface area contributed by atoms with Crippen molar-refractivity contribution in [2.24, 2.45) is 11.7 Å². The molecule has 0 spiro atoms. The first kappa shape index (κ1) is 27.8. The van der Waals surface area contributed by atoms with Crippen LogP contribution >= 0.6 is 0 Å². The molecule has 3 amide bonds. The minimum Gasteiger partial charge on any atom is -0.381 e. The van der Waals surface area contributed by atoms with E-state index >= 15 is 0 Å². The molecule has 12 nitrogen and oxygen atoms in total. The second-order valence-corrected chi connectivity index (χ2v) is 10.5. The number of nitrogens with one attached hydrogen (secondary N) is 3. The molecular formula is C28H37N7O5. The minimum atomic E-state index is -0.693. The van der Waals surface area contributed by atoms with Crippen LogP contribution in [0.1, 0.15) is 59.4 Å². The highest BCUT2D eigenvalue weighted by molar-refractivity contribution is 5.97. The summed E-state index contributed by atoms with van der Waals surface area (Å²) in [5.41, 5.74) is 6.80. The Kier molecular flexibility index (Phi) is 9.07. The molecule has 5 rings (SSSR count). The molecule has 2 aromatic rings. The summed E-state index contributed by atoms with van der Waals surface area (Å²) >= 11 is 0. The monoisotopic (exact) mass is 551 g/mol. The minimum absolute atomic E-state index is 0.0264. The van der Waals surface area contributed by atoms with E-state index in [2.05, 4.69) is 25.9 Å². The largest absolute Gasteiger partial charge is 0.381 e. The maximum atomic E-state index is 12.7. The van der Waals surface area contributed by atoms with E-state index in [1.54, 1.807) is 29.2 Å². The van der Waals surface area contributed by atoms with Gasteiger partial charge in [0.15, 0.2) is 11.5 Å². The van der Waals surface area contributed by atoms with Crippen molar-refractivity contribution in [2.75, 3.05) is 50.2 Å². The van der Waals surface area contributed by atoms with Crippen molar-refractivity contribution in [2.45, 2.75) is 50.6 Å². The Bertz CT molecular complexity index is 1190. The summed E-state index contributed by atoms with van der Waals surface area (Å²) in [6, 6.07) is 7.33. The van der Waals surface area contributed by atoms with Crippen LogP contribution in [-0.2, 0) is 14.3 Å². The standard InChI is InChI=1S/C28H37N7O5/c29-25(36)24-26(32-21-3-1-19(2-4-21)28(38)35-11-15-40-16-12-35)34-23(17-30-24)31-20-5-7-22(8-6-20)33-27(37)18-9-13-39-14-10-18/h1-4,17-18,20,22H,5-16H2,(H2,29,36)(H,33,37)(H2,31,32,34). The highest BCUT2D eigenvalue weighted by Crippen LogP contribution is 2.25. The van der Waals surface area contributed by atoms with Crippen LogP contribution in [0, 0.1) is 5.92 Å². The Hall–Kier alpha value is -3.77. The van der Waals surface area contributed by atoms with Gasteiger partial charge in [-0.2, -0.15) is 0 Å². The normalized spacial score (nSPS) is 21.9. The van der Waals surface area contributed by atoms with Crippen LogP contribution in [0.4, 0.5) is 17.3 Å². The Morgan fingerprint density at radius 2 is 1.52 bits per heavy atom. The third kappa shape index (κ3) is 7.05. The van der Waals surface area contributed by atoms with Crippen LogP contribution in [0.5, 0.6) is 0 Å². The van der Waals surface area contributed by atoms with E-state index in [0.29, 0.717) is 56.6 Å². The zero-order chi connectivity index (χ0) is 27.9. The van der Waals surface area contributed by atoms with Gasteiger partial charge in [-0.3, -0.25) is 14.4 Å². The number of ether oxygens (including phenoxy) is 2. The summed E-state index contributed by atoms with van der Waals surface area (Å²) in [6.07, 6.45) is 6.58. The second kappa shape index (κ2) is 13.1. The van der Waals surface area contributed by atoms with Crippen molar-refractivity contribution in [1.82, 2.24) is 20.2 Å². The third-order valence-electron chi connectivity index (χ3n) is 7.72. The van der Waals surface area contributed by atoms with Gasteiger partial charge in [0.05, 0.1) is 19.4 Å². The maximum absolute atomic E-state index is 12.7. The average molecular weight is 552 g/mol. The molecule has 40 heavy (non-hydrogen) atoms. The van der Waals surface area contributed by atoms with Crippen molar-refractivity contribution >= 4 is 35.0 Å². The number of rotatable bonds is 8. The highest BCUT2D eigenvalue weighted by Gasteiger charge is 2.27. The van der Waals surface area contributed by atoms with Gasteiger partial charge in [-0.1, -0.05) is 0 Å². The first-order valence-electron chi connectivity index (χ1n) is 14.0. The summed E-state index contributed by atoms with van der Waals surface area (Å²) in [5.74, 6) is 0.222. The lowest BCUT2D eigenvalue weighted by Gasteiger charge is -2.31. The molecule has 2 aliphatic heterocycles. The van der Waals surface area contributed by atoms with Gasteiger partial charge in [-0.25, -0.2) is 9.97 Å².